The minimum absolute atomic E-state index is 0.00319. The highest BCUT2D eigenvalue weighted by atomic mass is 16.1. The summed E-state index contributed by atoms with van der Waals surface area (Å²) in [6.45, 7) is 4.52. The Balaban J connectivity index is 2.52. The number of amides is 1. The van der Waals surface area contributed by atoms with E-state index in [1.807, 2.05) is 0 Å². The summed E-state index contributed by atoms with van der Waals surface area (Å²) in [6.07, 6.45) is 22.6. The van der Waals surface area contributed by atoms with Crippen molar-refractivity contribution in [3.05, 3.63) is 0 Å². The molecule has 0 aromatic rings. The lowest BCUT2D eigenvalue weighted by Crippen LogP contribution is -2.38. The van der Waals surface area contributed by atoms with E-state index in [0.29, 0.717) is 0 Å². The van der Waals surface area contributed by atoms with Crippen molar-refractivity contribution >= 4 is 5.91 Å². The first-order valence-corrected chi connectivity index (χ1v) is 11.4. The predicted octanol–water partition coefficient (Wildman–Crippen LogP) is 7.15. The molecule has 1 amide bonds. The zero-order valence-corrected chi connectivity index (χ0v) is 17.3. The van der Waals surface area contributed by atoms with E-state index in [1.165, 1.54) is 96.3 Å². The van der Waals surface area contributed by atoms with Gasteiger partial charge in [0.25, 0.3) is 0 Å². The van der Waals surface area contributed by atoms with Crippen LogP contribution in [0.5, 0.6) is 0 Å². The molecule has 1 aliphatic rings. The standard InChI is InChI=1S/C23H45NO/c1-3-5-7-9-11-15-19-23(22(24)25,18-14-10-8-6-4-2)20-21-16-12-13-17-21/h21H,3-20H2,1-2H3,(H2,24,25). The van der Waals surface area contributed by atoms with Gasteiger partial charge in [0, 0.05) is 5.41 Å². The van der Waals surface area contributed by atoms with Crippen LogP contribution in [0.1, 0.15) is 129 Å². The summed E-state index contributed by atoms with van der Waals surface area (Å²) >= 11 is 0. The van der Waals surface area contributed by atoms with Gasteiger partial charge in [-0.05, 0) is 25.2 Å². The van der Waals surface area contributed by atoms with Crippen LogP contribution in [0.2, 0.25) is 0 Å². The number of primary amides is 1. The van der Waals surface area contributed by atoms with E-state index in [-0.39, 0.29) is 11.3 Å². The van der Waals surface area contributed by atoms with Gasteiger partial charge in [-0.25, -0.2) is 0 Å². The fraction of sp³-hybridized carbons (Fsp3) is 0.957. The van der Waals surface area contributed by atoms with Crippen LogP contribution in [0, 0.1) is 11.3 Å². The predicted molar refractivity (Wildman–Crippen MR) is 110 cm³/mol. The molecule has 2 N–H and O–H groups in total. The average Bonchev–Trinajstić information content (AvgIpc) is 3.10. The summed E-state index contributed by atoms with van der Waals surface area (Å²) in [6, 6.07) is 0. The molecule has 0 aromatic heterocycles. The van der Waals surface area contributed by atoms with Crippen molar-refractivity contribution in [2.24, 2.45) is 17.1 Å². The fourth-order valence-corrected chi connectivity index (χ4v) is 4.75. The Bertz CT molecular complexity index is 335. The molecule has 0 radical (unpaired) electrons. The molecule has 148 valence electrons. The summed E-state index contributed by atoms with van der Waals surface area (Å²) in [5.41, 5.74) is 5.81. The van der Waals surface area contributed by atoms with Crippen molar-refractivity contribution in [3.63, 3.8) is 0 Å². The van der Waals surface area contributed by atoms with Gasteiger partial charge in [0.2, 0.25) is 5.91 Å². The minimum atomic E-state index is -0.202. The molecule has 0 spiro atoms. The molecule has 1 rings (SSSR count). The first kappa shape index (κ1) is 22.5. The fourth-order valence-electron chi connectivity index (χ4n) is 4.75. The molecule has 0 saturated heterocycles. The van der Waals surface area contributed by atoms with Gasteiger partial charge in [0.1, 0.15) is 0 Å². The van der Waals surface area contributed by atoms with Crippen molar-refractivity contribution < 1.29 is 4.79 Å². The Morgan fingerprint density at radius 3 is 1.68 bits per heavy atom. The van der Waals surface area contributed by atoms with E-state index in [9.17, 15) is 4.79 Å². The highest BCUT2D eigenvalue weighted by Crippen LogP contribution is 2.42. The number of hydrogen-bond acceptors (Lipinski definition) is 1. The molecular formula is C23H45NO. The Hall–Kier alpha value is -0.530. The lowest BCUT2D eigenvalue weighted by atomic mass is 9.71. The second-order valence-electron chi connectivity index (χ2n) is 8.68. The normalized spacial score (nSPS) is 17.7. The molecule has 1 aliphatic carbocycles. The first-order valence-electron chi connectivity index (χ1n) is 11.4. The maximum absolute atomic E-state index is 12.5. The number of hydrogen-bond donors (Lipinski definition) is 1. The van der Waals surface area contributed by atoms with Crippen molar-refractivity contribution in [2.45, 2.75) is 129 Å². The van der Waals surface area contributed by atoms with Crippen LogP contribution in [0.3, 0.4) is 0 Å². The van der Waals surface area contributed by atoms with Crippen LogP contribution in [0.4, 0.5) is 0 Å². The third-order valence-corrected chi connectivity index (χ3v) is 6.44. The van der Waals surface area contributed by atoms with Crippen molar-refractivity contribution in [2.75, 3.05) is 0 Å². The number of rotatable bonds is 16. The zero-order chi connectivity index (χ0) is 18.4. The second kappa shape index (κ2) is 13.6. The average molecular weight is 352 g/mol. The molecular weight excluding hydrogens is 306 g/mol. The van der Waals surface area contributed by atoms with Crippen LogP contribution >= 0.6 is 0 Å². The van der Waals surface area contributed by atoms with Gasteiger partial charge < -0.3 is 5.73 Å². The Morgan fingerprint density at radius 1 is 0.800 bits per heavy atom. The quantitative estimate of drug-likeness (QED) is 0.295. The van der Waals surface area contributed by atoms with Crippen molar-refractivity contribution in [1.29, 1.82) is 0 Å². The SMILES string of the molecule is CCCCCCCCC(CCCCCCC)(CC1CCCC1)C(N)=O. The summed E-state index contributed by atoms with van der Waals surface area (Å²) in [4.78, 5) is 12.5. The van der Waals surface area contributed by atoms with Crippen LogP contribution in [-0.4, -0.2) is 5.91 Å². The van der Waals surface area contributed by atoms with Gasteiger partial charge in [0.15, 0.2) is 0 Å². The van der Waals surface area contributed by atoms with Crippen LogP contribution in [0.25, 0.3) is 0 Å². The van der Waals surface area contributed by atoms with Crippen LogP contribution < -0.4 is 5.73 Å². The maximum Gasteiger partial charge on any atom is 0.223 e. The van der Waals surface area contributed by atoms with E-state index in [4.69, 9.17) is 5.73 Å². The largest absolute Gasteiger partial charge is 0.369 e. The summed E-state index contributed by atoms with van der Waals surface area (Å²) in [7, 11) is 0. The van der Waals surface area contributed by atoms with E-state index in [0.717, 1.165) is 25.2 Å². The molecule has 0 bridgehead atoms. The number of carbonyl (C=O) groups is 1. The van der Waals surface area contributed by atoms with E-state index in [2.05, 4.69) is 13.8 Å². The third kappa shape index (κ3) is 9.11. The first-order chi connectivity index (χ1) is 12.1. The topological polar surface area (TPSA) is 43.1 Å². The van der Waals surface area contributed by atoms with E-state index in [1.54, 1.807) is 0 Å². The third-order valence-electron chi connectivity index (χ3n) is 6.44. The molecule has 1 saturated carbocycles. The molecule has 1 atom stereocenters. The smallest absolute Gasteiger partial charge is 0.223 e. The molecule has 0 aliphatic heterocycles. The molecule has 1 unspecified atom stereocenters. The molecule has 0 heterocycles. The summed E-state index contributed by atoms with van der Waals surface area (Å²) in [5.74, 6) is 0.756. The number of nitrogens with two attached hydrogens (primary N) is 1. The Kier molecular flexibility index (Phi) is 12.3. The summed E-state index contributed by atoms with van der Waals surface area (Å²) in [5, 5.41) is 0. The molecule has 1 fully saturated rings. The zero-order valence-electron chi connectivity index (χ0n) is 17.3. The lowest BCUT2D eigenvalue weighted by Gasteiger charge is -2.33. The highest BCUT2D eigenvalue weighted by molar-refractivity contribution is 5.80. The maximum atomic E-state index is 12.5. The Morgan fingerprint density at radius 2 is 1.24 bits per heavy atom. The number of carbonyl (C=O) groups excluding carboxylic acids is 1. The van der Waals surface area contributed by atoms with Gasteiger partial charge in [-0.15, -0.1) is 0 Å². The highest BCUT2D eigenvalue weighted by Gasteiger charge is 2.38. The van der Waals surface area contributed by atoms with Crippen LogP contribution in [-0.2, 0) is 4.79 Å². The minimum Gasteiger partial charge on any atom is -0.369 e. The van der Waals surface area contributed by atoms with Crippen molar-refractivity contribution in [3.8, 4) is 0 Å². The number of unbranched alkanes of at least 4 members (excludes halogenated alkanes) is 9. The van der Waals surface area contributed by atoms with Gasteiger partial charge in [-0.2, -0.15) is 0 Å². The van der Waals surface area contributed by atoms with Crippen LogP contribution in [0.15, 0.2) is 0 Å². The van der Waals surface area contributed by atoms with E-state index >= 15 is 0 Å². The van der Waals surface area contributed by atoms with Gasteiger partial charge in [-0.1, -0.05) is 110 Å². The van der Waals surface area contributed by atoms with Gasteiger partial charge >= 0.3 is 0 Å². The lowest BCUT2D eigenvalue weighted by molar-refractivity contribution is -0.130. The molecule has 25 heavy (non-hydrogen) atoms. The second-order valence-corrected chi connectivity index (χ2v) is 8.68. The monoisotopic (exact) mass is 351 g/mol. The molecule has 2 heteroatoms. The molecule has 0 aromatic carbocycles. The Labute approximate surface area is 157 Å². The summed E-state index contributed by atoms with van der Waals surface area (Å²) < 4.78 is 0. The van der Waals surface area contributed by atoms with E-state index < -0.39 is 0 Å². The molecule has 2 nitrogen and oxygen atoms in total. The van der Waals surface area contributed by atoms with Gasteiger partial charge in [-0.3, -0.25) is 4.79 Å². The van der Waals surface area contributed by atoms with Gasteiger partial charge in [0.05, 0.1) is 0 Å². The van der Waals surface area contributed by atoms with Crippen molar-refractivity contribution in [1.82, 2.24) is 0 Å².